The standard InChI is InChI=1S/C40H56O/c1-30(18-13-20-32(3)23-25-36-34(5)22-15-28-39(36,7)8)16-11-12-17-31(2)19-14-21-33(4)24-26-37-35(6)38(41)27-29-40(37,9)10/h11-14,16-19,21,23-25,27,29-30,32H,15,20,22,26,28H2,1-10H3/b16-11+,17-12+,18-13+,21-14+,25-23+,31-19+,33-24+. The Hall–Kier alpha value is -2.93. The summed E-state index contributed by atoms with van der Waals surface area (Å²) >= 11 is 0. The Bertz CT molecular complexity index is 1220. The molecule has 0 fully saturated rings. The zero-order valence-corrected chi connectivity index (χ0v) is 27.7. The van der Waals surface area contributed by atoms with E-state index in [1.54, 1.807) is 17.2 Å². The van der Waals surface area contributed by atoms with Crippen LogP contribution in [-0.2, 0) is 4.79 Å². The van der Waals surface area contributed by atoms with Gasteiger partial charge < -0.3 is 0 Å². The fourth-order valence-electron chi connectivity index (χ4n) is 5.66. The molecule has 0 spiro atoms. The molecule has 0 saturated heterocycles. The van der Waals surface area contributed by atoms with Crippen LogP contribution < -0.4 is 0 Å². The molecule has 2 atom stereocenters. The van der Waals surface area contributed by atoms with Gasteiger partial charge in [0.2, 0.25) is 0 Å². The van der Waals surface area contributed by atoms with Crippen molar-refractivity contribution in [3.8, 4) is 0 Å². The maximum atomic E-state index is 12.1. The highest BCUT2D eigenvalue weighted by molar-refractivity contribution is 6.05. The molecule has 0 aliphatic heterocycles. The van der Waals surface area contributed by atoms with Gasteiger partial charge in [-0.05, 0) is 94.3 Å². The maximum absolute atomic E-state index is 12.1. The second-order valence-corrected chi connectivity index (χ2v) is 13.5. The summed E-state index contributed by atoms with van der Waals surface area (Å²) in [5.41, 5.74) is 7.87. The predicted octanol–water partition coefficient (Wildman–Crippen LogP) is 11.7. The van der Waals surface area contributed by atoms with Gasteiger partial charge in [0, 0.05) is 5.41 Å². The van der Waals surface area contributed by atoms with Crippen molar-refractivity contribution in [1.29, 1.82) is 0 Å². The molecule has 0 aromatic heterocycles. The highest BCUT2D eigenvalue weighted by atomic mass is 16.1. The smallest absolute Gasteiger partial charge is 0.181 e. The van der Waals surface area contributed by atoms with Gasteiger partial charge in [-0.2, -0.15) is 0 Å². The van der Waals surface area contributed by atoms with Gasteiger partial charge in [-0.1, -0.05) is 143 Å². The first-order chi connectivity index (χ1) is 19.2. The average molecular weight is 553 g/mol. The Morgan fingerprint density at radius 1 is 0.951 bits per heavy atom. The summed E-state index contributed by atoms with van der Waals surface area (Å²) in [5.74, 6) is 1.09. The number of hydrogen-bond acceptors (Lipinski definition) is 1. The molecule has 2 aliphatic carbocycles. The average Bonchev–Trinajstić information content (AvgIpc) is 2.88. The van der Waals surface area contributed by atoms with Crippen molar-refractivity contribution in [3.63, 3.8) is 0 Å². The molecule has 0 N–H and O–H groups in total. The van der Waals surface area contributed by atoms with Gasteiger partial charge in [0.1, 0.15) is 0 Å². The number of allylic oxidation sites excluding steroid dienone is 20. The molecule has 2 rings (SSSR count). The largest absolute Gasteiger partial charge is 0.290 e. The normalized spacial score (nSPS) is 22.0. The lowest BCUT2D eigenvalue weighted by Crippen LogP contribution is -2.20. The molecule has 2 aliphatic rings. The van der Waals surface area contributed by atoms with E-state index >= 15 is 0 Å². The predicted molar refractivity (Wildman–Crippen MR) is 182 cm³/mol. The number of carbonyl (C=O) groups is 1. The van der Waals surface area contributed by atoms with Gasteiger partial charge in [0.25, 0.3) is 0 Å². The number of carbonyl (C=O) groups excluding carboxylic acids is 1. The molecule has 0 aromatic carbocycles. The zero-order valence-electron chi connectivity index (χ0n) is 27.7. The first kappa shape index (κ1) is 34.3. The summed E-state index contributed by atoms with van der Waals surface area (Å²) in [5, 5.41) is 0. The minimum absolute atomic E-state index is 0.0698. The Kier molecular flexibility index (Phi) is 13.3. The first-order valence-electron chi connectivity index (χ1n) is 15.6. The van der Waals surface area contributed by atoms with Crippen LogP contribution in [0.2, 0.25) is 0 Å². The van der Waals surface area contributed by atoms with Crippen LogP contribution in [0.5, 0.6) is 0 Å². The quantitative estimate of drug-likeness (QED) is 0.174. The van der Waals surface area contributed by atoms with Crippen molar-refractivity contribution in [2.75, 3.05) is 0 Å². The van der Waals surface area contributed by atoms with Crippen molar-refractivity contribution >= 4 is 5.78 Å². The minimum atomic E-state index is -0.0698. The van der Waals surface area contributed by atoms with Crippen LogP contribution in [0.3, 0.4) is 0 Å². The van der Waals surface area contributed by atoms with Crippen LogP contribution in [-0.4, -0.2) is 5.78 Å². The van der Waals surface area contributed by atoms with Crippen molar-refractivity contribution in [2.45, 2.75) is 101 Å². The molecule has 0 bridgehead atoms. The highest BCUT2D eigenvalue weighted by Gasteiger charge is 2.27. The Labute approximate surface area is 252 Å². The summed E-state index contributed by atoms with van der Waals surface area (Å²) in [6.07, 6.45) is 36.1. The number of hydrogen-bond donors (Lipinski definition) is 0. The molecule has 0 aromatic rings. The molecule has 0 saturated carbocycles. The van der Waals surface area contributed by atoms with Crippen LogP contribution in [0.4, 0.5) is 0 Å². The van der Waals surface area contributed by atoms with E-state index in [0.29, 0.717) is 17.3 Å². The van der Waals surface area contributed by atoms with E-state index in [1.165, 1.54) is 36.0 Å². The van der Waals surface area contributed by atoms with Crippen LogP contribution in [0.1, 0.15) is 101 Å². The second-order valence-electron chi connectivity index (χ2n) is 13.5. The van der Waals surface area contributed by atoms with Crippen LogP contribution >= 0.6 is 0 Å². The number of rotatable bonds is 12. The van der Waals surface area contributed by atoms with Crippen LogP contribution in [0.15, 0.2) is 119 Å². The molecular weight excluding hydrogens is 496 g/mol. The molecule has 0 amide bonds. The fraction of sp³-hybridized carbons (Fsp3) is 0.475. The van der Waals surface area contributed by atoms with Crippen molar-refractivity contribution in [2.24, 2.45) is 22.7 Å². The van der Waals surface area contributed by atoms with E-state index < -0.39 is 0 Å². The van der Waals surface area contributed by atoms with E-state index in [-0.39, 0.29) is 11.2 Å². The van der Waals surface area contributed by atoms with Crippen molar-refractivity contribution in [3.05, 3.63) is 119 Å². The highest BCUT2D eigenvalue weighted by Crippen LogP contribution is 2.41. The molecule has 222 valence electrons. The van der Waals surface area contributed by atoms with Crippen LogP contribution in [0, 0.1) is 22.7 Å². The number of ketones is 1. The van der Waals surface area contributed by atoms with Gasteiger partial charge >= 0.3 is 0 Å². The van der Waals surface area contributed by atoms with Crippen molar-refractivity contribution in [1.82, 2.24) is 0 Å². The maximum Gasteiger partial charge on any atom is 0.181 e. The SMILES string of the molecule is CC1=C(/C=C/C(C)C/C=C/C(C)/C=C/C=C/C(C)=C/C=C/C(C)=C/CC2=C(C)C(=O)C=CC2(C)C)C(C)(C)CCC1. The van der Waals surface area contributed by atoms with Crippen LogP contribution in [0.25, 0.3) is 0 Å². The molecule has 2 unspecified atom stereocenters. The Morgan fingerprint density at radius 3 is 2.37 bits per heavy atom. The molecule has 1 nitrogen and oxygen atoms in total. The summed E-state index contributed by atoms with van der Waals surface area (Å²) in [4.78, 5) is 12.1. The molecule has 0 heterocycles. The molecular formula is C40H56O. The van der Waals surface area contributed by atoms with E-state index in [4.69, 9.17) is 0 Å². The lowest BCUT2D eigenvalue weighted by Gasteiger charge is -2.33. The minimum Gasteiger partial charge on any atom is -0.290 e. The Morgan fingerprint density at radius 2 is 1.66 bits per heavy atom. The van der Waals surface area contributed by atoms with Gasteiger partial charge in [-0.25, -0.2) is 0 Å². The van der Waals surface area contributed by atoms with E-state index in [0.717, 1.165) is 18.4 Å². The summed E-state index contributed by atoms with van der Waals surface area (Å²) in [6.45, 7) is 22.2. The first-order valence-corrected chi connectivity index (χ1v) is 15.6. The summed E-state index contributed by atoms with van der Waals surface area (Å²) in [7, 11) is 0. The third kappa shape index (κ3) is 11.5. The van der Waals surface area contributed by atoms with Gasteiger partial charge in [-0.3, -0.25) is 4.79 Å². The third-order valence-corrected chi connectivity index (χ3v) is 8.56. The molecule has 41 heavy (non-hydrogen) atoms. The van der Waals surface area contributed by atoms with E-state index in [1.807, 2.05) is 13.0 Å². The fourth-order valence-corrected chi connectivity index (χ4v) is 5.66. The van der Waals surface area contributed by atoms with Gasteiger partial charge in [-0.15, -0.1) is 0 Å². The van der Waals surface area contributed by atoms with E-state index in [9.17, 15) is 4.79 Å². The molecule has 1 heteroatoms. The molecule has 0 radical (unpaired) electrons. The topological polar surface area (TPSA) is 17.1 Å². The monoisotopic (exact) mass is 552 g/mol. The zero-order chi connectivity index (χ0) is 30.6. The lowest BCUT2D eigenvalue weighted by atomic mass is 9.72. The summed E-state index contributed by atoms with van der Waals surface area (Å²) in [6, 6.07) is 0. The third-order valence-electron chi connectivity index (χ3n) is 8.56. The van der Waals surface area contributed by atoms with E-state index in [2.05, 4.69) is 135 Å². The second kappa shape index (κ2) is 15.9. The lowest BCUT2D eigenvalue weighted by molar-refractivity contribution is -0.111. The Balaban J connectivity index is 1.80. The van der Waals surface area contributed by atoms with Gasteiger partial charge in [0.15, 0.2) is 5.78 Å². The van der Waals surface area contributed by atoms with Crippen molar-refractivity contribution < 1.29 is 4.79 Å². The summed E-state index contributed by atoms with van der Waals surface area (Å²) < 4.78 is 0. The van der Waals surface area contributed by atoms with Gasteiger partial charge in [0.05, 0.1) is 0 Å².